The summed E-state index contributed by atoms with van der Waals surface area (Å²) in [7, 11) is 0. The van der Waals surface area contributed by atoms with E-state index >= 15 is 0 Å². The van der Waals surface area contributed by atoms with Crippen molar-refractivity contribution in [3.05, 3.63) is 5.89 Å². The Labute approximate surface area is 95.4 Å². The summed E-state index contributed by atoms with van der Waals surface area (Å²) < 4.78 is 5.32. The SMILES string of the molecule is CCC(C)(C)CNc1nnc(C(C)Cl)o1. The van der Waals surface area contributed by atoms with Gasteiger partial charge >= 0.3 is 6.01 Å². The summed E-state index contributed by atoms with van der Waals surface area (Å²) in [6.07, 6.45) is 1.09. The second-order valence-electron chi connectivity index (χ2n) is 4.43. The molecule has 0 aliphatic heterocycles. The molecule has 5 heteroatoms. The minimum atomic E-state index is -0.243. The second-order valence-corrected chi connectivity index (χ2v) is 5.09. The highest BCUT2D eigenvalue weighted by molar-refractivity contribution is 6.20. The molecule has 1 unspecified atom stereocenters. The number of aromatic nitrogens is 2. The maximum Gasteiger partial charge on any atom is 0.315 e. The van der Waals surface area contributed by atoms with Crippen LogP contribution < -0.4 is 5.32 Å². The van der Waals surface area contributed by atoms with Crippen LogP contribution in [0.15, 0.2) is 4.42 Å². The van der Waals surface area contributed by atoms with Crippen LogP contribution in [0, 0.1) is 5.41 Å². The summed E-state index contributed by atoms with van der Waals surface area (Å²) >= 11 is 5.81. The van der Waals surface area contributed by atoms with Crippen LogP contribution in [0.2, 0.25) is 0 Å². The van der Waals surface area contributed by atoms with Crippen molar-refractivity contribution in [3.63, 3.8) is 0 Å². The van der Waals surface area contributed by atoms with Gasteiger partial charge in [-0.25, -0.2) is 0 Å². The third-order valence-corrected chi connectivity index (χ3v) is 2.64. The molecule has 0 fully saturated rings. The summed E-state index contributed by atoms with van der Waals surface area (Å²) in [5.41, 5.74) is 0.223. The molecule has 86 valence electrons. The zero-order valence-corrected chi connectivity index (χ0v) is 10.4. The van der Waals surface area contributed by atoms with Gasteiger partial charge in [-0.1, -0.05) is 25.9 Å². The van der Waals surface area contributed by atoms with E-state index in [2.05, 4.69) is 36.3 Å². The average Bonchev–Trinajstić information content (AvgIpc) is 2.63. The summed E-state index contributed by atoms with van der Waals surface area (Å²) in [5, 5.41) is 10.6. The van der Waals surface area contributed by atoms with Crippen LogP contribution in [0.5, 0.6) is 0 Å². The van der Waals surface area contributed by atoms with E-state index in [4.69, 9.17) is 16.0 Å². The summed E-state index contributed by atoms with van der Waals surface area (Å²) in [6.45, 7) is 9.13. The molecule has 0 aliphatic carbocycles. The van der Waals surface area contributed by atoms with Gasteiger partial charge in [-0.3, -0.25) is 0 Å². The number of nitrogens with one attached hydrogen (secondary N) is 1. The first-order valence-electron chi connectivity index (χ1n) is 5.16. The molecule has 0 aromatic carbocycles. The zero-order chi connectivity index (χ0) is 11.5. The minimum Gasteiger partial charge on any atom is -0.407 e. The van der Waals surface area contributed by atoms with Crippen molar-refractivity contribution in [3.8, 4) is 0 Å². The summed E-state index contributed by atoms with van der Waals surface area (Å²) in [5.74, 6) is 0.452. The summed E-state index contributed by atoms with van der Waals surface area (Å²) in [6, 6.07) is 0.444. The second kappa shape index (κ2) is 4.84. The molecule has 1 atom stereocenters. The lowest BCUT2D eigenvalue weighted by Crippen LogP contribution is -2.22. The standard InChI is InChI=1S/C10H18ClN3O/c1-5-10(3,4)6-12-9-14-13-8(15-9)7(2)11/h7H,5-6H2,1-4H3,(H,12,14). The van der Waals surface area contributed by atoms with Gasteiger partial charge in [0, 0.05) is 6.54 Å². The monoisotopic (exact) mass is 231 g/mol. The van der Waals surface area contributed by atoms with Crippen molar-refractivity contribution < 1.29 is 4.42 Å². The lowest BCUT2D eigenvalue weighted by molar-refractivity contribution is 0.371. The topological polar surface area (TPSA) is 51.0 Å². The Morgan fingerprint density at radius 3 is 2.60 bits per heavy atom. The van der Waals surface area contributed by atoms with Crippen molar-refractivity contribution in [1.82, 2.24) is 10.2 Å². The van der Waals surface area contributed by atoms with Gasteiger partial charge < -0.3 is 9.73 Å². The van der Waals surface area contributed by atoms with Crippen molar-refractivity contribution in [2.45, 2.75) is 39.5 Å². The molecule has 1 aromatic heterocycles. The van der Waals surface area contributed by atoms with Crippen LogP contribution in [0.4, 0.5) is 6.01 Å². The maximum absolute atomic E-state index is 5.81. The molecular weight excluding hydrogens is 214 g/mol. The van der Waals surface area contributed by atoms with Crippen LogP contribution in [-0.2, 0) is 0 Å². The number of hydrogen-bond acceptors (Lipinski definition) is 4. The van der Waals surface area contributed by atoms with Crippen molar-refractivity contribution in [2.75, 3.05) is 11.9 Å². The molecule has 1 N–H and O–H groups in total. The predicted molar refractivity (Wildman–Crippen MR) is 61.1 cm³/mol. The molecule has 4 nitrogen and oxygen atoms in total. The Morgan fingerprint density at radius 1 is 1.47 bits per heavy atom. The maximum atomic E-state index is 5.81. The van der Waals surface area contributed by atoms with Crippen LogP contribution in [0.25, 0.3) is 0 Å². The lowest BCUT2D eigenvalue weighted by Gasteiger charge is -2.21. The number of alkyl halides is 1. The fourth-order valence-electron chi connectivity index (χ4n) is 0.907. The van der Waals surface area contributed by atoms with E-state index in [0.717, 1.165) is 13.0 Å². The van der Waals surface area contributed by atoms with E-state index in [0.29, 0.717) is 11.9 Å². The zero-order valence-electron chi connectivity index (χ0n) is 9.67. The molecule has 0 bridgehead atoms. The Balaban J connectivity index is 2.51. The fourth-order valence-corrected chi connectivity index (χ4v) is 0.995. The van der Waals surface area contributed by atoms with Gasteiger partial charge in [-0.05, 0) is 18.8 Å². The van der Waals surface area contributed by atoms with Crippen LogP contribution >= 0.6 is 11.6 Å². The predicted octanol–water partition coefficient (Wildman–Crippen LogP) is 3.22. The smallest absolute Gasteiger partial charge is 0.315 e. The van der Waals surface area contributed by atoms with E-state index in [-0.39, 0.29) is 10.8 Å². The molecule has 1 aromatic rings. The first kappa shape index (κ1) is 12.3. The number of hydrogen-bond donors (Lipinski definition) is 1. The molecule has 0 spiro atoms. The number of rotatable bonds is 5. The van der Waals surface area contributed by atoms with E-state index in [1.807, 2.05) is 0 Å². The molecule has 0 radical (unpaired) electrons. The highest BCUT2D eigenvalue weighted by atomic mass is 35.5. The van der Waals surface area contributed by atoms with Gasteiger partial charge in [0.2, 0.25) is 5.89 Å². The molecule has 0 amide bonds. The van der Waals surface area contributed by atoms with Gasteiger partial charge in [0.15, 0.2) is 0 Å². The first-order valence-corrected chi connectivity index (χ1v) is 5.59. The molecule has 0 saturated heterocycles. The van der Waals surface area contributed by atoms with Crippen molar-refractivity contribution in [2.24, 2.45) is 5.41 Å². The van der Waals surface area contributed by atoms with Crippen molar-refractivity contribution in [1.29, 1.82) is 0 Å². The Bertz CT molecular complexity index is 309. The average molecular weight is 232 g/mol. The van der Waals surface area contributed by atoms with Crippen LogP contribution in [-0.4, -0.2) is 16.7 Å². The van der Waals surface area contributed by atoms with E-state index in [1.165, 1.54) is 0 Å². The molecule has 0 saturated carbocycles. The molecule has 15 heavy (non-hydrogen) atoms. The van der Waals surface area contributed by atoms with E-state index in [9.17, 15) is 0 Å². The summed E-state index contributed by atoms with van der Waals surface area (Å²) in [4.78, 5) is 0. The normalized spacial score (nSPS) is 13.9. The van der Waals surface area contributed by atoms with Crippen LogP contribution in [0.3, 0.4) is 0 Å². The van der Waals surface area contributed by atoms with Crippen LogP contribution in [0.1, 0.15) is 45.4 Å². The quantitative estimate of drug-likeness (QED) is 0.791. The third kappa shape index (κ3) is 3.70. The molecule has 1 rings (SSSR count). The largest absolute Gasteiger partial charge is 0.407 e. The highest BCUT2D eigenvalue weighted by Crippen LogP contribution is 2.22. The first-order chi connectivity index (χ1) is 6.94. The van der Waals surface area contributed by atoms with Gasteiger partial charge in [0.05, 0.1) is 0 Å². The number of nitrogens with zero attached hydrogens (tertiary/aromatic N) is 2. The van der Waals surface area contributed by atoms with E-state index < -0.39 is 0 Å². The number of anilines is 1. The van der Waals surface area contributed by atoms with Gasteiger partial charge in [0.1, 0.15) is 5.38 Å². The minimum absolute atomic E-state index is 0.223. The lowest BCUT2D eigenvalue weighted by atomic mass is 9.90. The van der Waals surface area contributed by atoms with E-state index in [1.54, 1.807) is 6.92 Å². The Morgan fingerprint density at radius 2 is 2.13 bits per heavy atom. The van der Waals surface area contributed by atoms with Gasteiger partial charge in [0.25, 0.3) is 0 Å². The molecule has 1 heterocycles. The molecule has 0 aliphatic rings. The third-order valence-electron chi connectivity index (χ3n) is 2.46. The Kier molecular flexibility index (Phi) is 3.97. The van der Waals surface area contributed by atoms with Gasteiger partial charge in [-0.2, -0.15) is 0 Å². The number of halogens is 1. The van der Waals surface area contributed by atoms with Crippen molar-refractivity contribution >= 4 is 17.6 Å². The Hall–Kier alpha value is -0.770. The molecular formula is C10H18ClN3O. The fraction of sp³-hybridized carbons (Fsp3) is 0.800. The highest BCUT2D eigenvalue weighted by Gasteiger charge is 2.17. The van der Waals surface area contributed by atoms with Gasteiger partial charge in [-0.15, -0.1) is 16.7 Å².